The number of thiophene rings is 1. The Morgan fingerprint density at radius 2 is 1.71 bits per heavy atom. The molecule has 152 valence electrons. The second-order valence-corrected chi connectivity index (χ2v) is 8.66. The van der Waals surface area contributed by atoms with Gasteiger partial charge in [-0.05, 0) is 48.9 Å². The second-order valence-electron chi connectivity index (χ2n) is 7.23. The molecule has 31 heavy (non-hydrogen) atoms. The number of aliphatic imine (C=N–C) groups is 1. The lowest BCUT2D eigenvalue weighted by Crippen LogP contribution is -2.32. The van der Waals surface area contributed by atoms with Crippen molar-refractivity contribution in [2.45, 2.75) is 6.92 Å². The molecule has 1 aliphatic heterocycles. The van der Waals surface area contributed by atoms with Crippen molar-refractivity contribution in [2.75, 3.05) is 4.90 Å². The molecule has 4 aromatic rings. The Bertz CT molecular complexity index is 1370. The van der Waals surface area contributed by atoms with Crippen molar-refractivity contribution in [1.29, 1.82) is 0 Å². The van der Waals surface area contributed by atoms with Crippen LogP contribution in [0.1, 0.15) is 16.0 Å². The van der Waals surface area contributed by atoms with Crippen molar-refractivity contribution in [1.82, 2.24) is 0 Å². The smallest absolute Gasteiger partial charge is 0.266 e. The minimum atomic E-state index is -0.331. The van der Waals surface area contributed by atoms with Gasteiger partial charge in [-0.25, -0.2) is 9.38 Å². The fourth-order valence-electron chi connectivity index (χ4n) is 3.48. The van der Waals surface area contributed by atoms with E-state index in [1.807, 2.05) is 55.5 Å². The van der Waals surface area contributed by atoms with Gasteiger partial charge in [0.25, 0.3) is 5.91 Å². The largest absolute Gasteiger partial charge is 0.282 e. The van der Waals surface area contributed by atoms with Crippen LogP contribution in [0.15, 0.2) is 83.5 Å². The first-order valence-corrected chi connectivity index (χ1v) is 10.9. The maximum atomic E-state index is 13.4. The van der Waals surface area contributed by atoms with Gasteiger partial charge in [-0.3, -0.25) is 9.69 Å². The normalized spacial score (nSPS) is 15.2. The molecule has 0 saturated carbocycles. The highest BCUT2D eigenvalue weighted by Gasteiger charge is 2.34. The molecular formula is C25H16ClFN2OS. The quantitative estimate of drug-likeness (QED) is 0.317. The first-order chi connectivity index (χ1) is 15.0. The van der Waals surface area contributed by atoms with Crippen molar-refractivity contribution in [3.8, 4) is 0 Å². The van der Waals surface area contributed by atoms with Gasteiger partial charge in [0.15, 0.2) is 5.84 Å². The third-order valence-corrected chi connectivity index (χ3v) is 6.74. The third-order valence-electron chi connectivity index (χ3n) is 5.06. The maximum Gasteiger partial charge on any atom is 0.282 e. The lowest BCUT2D eigenvalue weighted by molar-refractivity contribution is -0.113. The van der Waals surface area contributed by atoms with Gasteiger partial charge in [0.05, 0.1) is 15.6 Å². The number of aryl methyl sites for hydroxylation is 1. The summed E-state index contributed by atoms with van der Waals surface area (Å²) in [7, 11) is 0. The van der Waals surface area contributed by atoms with Crippen molar-refractivity contribution in [2.24, 2.45) is 4.99 Å². The van der Waals surface area contributed by atoms with Crippen LogP contribution in [0.25, 0.3) is 16.2 Å². The summed E-state index contributed by atoms with van der Waals surface area (Å²) in [5, 5.41) is 1.51. The molecule has 3 nitrogen and oxygen atoms in total. The van der Waals surface area contributed by atoms with Crippen molar-refractivity contribution in [3.63, 3.8) is 0 Å². The minimum Gasteiger partial charge on any atom is -0.266 e. The number of carbonyl (C=O) groups is 1. The number of anilines is 1. The van der Waals surface area contributed by atoms with Crippen molar-refractivity contribution >= 4 is 56.5 Å². The number of amides is 1. The molecule has 5 rings (SSSR count). The van der Waals surface area contributed by atoms with E-state index in [0.29, 0.717) is 22.1 Å². The van der Waals surface area contributed by atoms with E-state index in [1.54, 1.807) is 23.1 Å². The maximum absolute atomic E-state index is 13.4. The Morgan fingerprint density at radius 3 is 2.42 bits per heavy atom. The summed E-state index contributed by atoms with van der Waals surface area (Å²) in [5.74, 6) is -0.0902. The van der Waals surface area contributed by atoms with Crippen LogP contribution in [0, 0.1) is 12.7 Å². The zero-order valence-corrected chi connectivity index (χ0v) is 18.0. The van der Waals surface area contributed by atoms with E-state index < -0.39 is 0 Å². The molecular weight excluding hydrogens is 431 g/mol. The van der Waals surface area contributed by atoms with Gasteiger partial charge in [0, 0.05) is 10.1 Å². The highest BCUT2D eigenvalue weighted by atomic mass is 35.5. The molecule has 3 aromatic carbocycles. The average Bonchev–Trinajstić information content (AvgIpc) is 3.28. The standard InChI is InChI=1S/C25H16ClFN2OS/c1-15-6-12-18(13-7-15)29-24(23-22(26)19-4-2-3-5-21(19)31-23)28-20(25(29)30)14-16-8-10-17(27)11-9-16/h2-14H,1H3/b20-14+. The van der Waals surface area contributed by atoms with Gasteiger partial charge >= 0.3 is 0 Å². The van der Waals surface area contributed by atoms with Gasteiger partial charge < -0.3 is 0 Å². The second kappa shape index (κ2) is 7.76. The third kappa shape index (κ3) is 3.56. The minimum absolute atomic E-state index is 0.253. The van der Waals surface area contributed by atoms with E-state index in [0.717, 1.165) is 20.5 Å². The lowest BCUT2D eigenvalue weighted by atomic mass is 10.1. The van der Waals surface area contributed by atoms with E-state index in [2.05, 4.69) is 4.99 Å². The monoisotopic (exact) mass is 446 g/mol. The SMILES string of the molecule is Cc1ccc(N2C(=O)/C(=C\c3ccc(F)cc3)N=C2c2sc3ccccc3c2Cl)cc1. The lowest BCUT2D eigenvalue weighted by Gasteiger charge is -2.18. The molecule has 2 heterocycles. The van der Waals surface area contributed by atoms with Crippen LogP contribution in [-0.2, 0) is 4.79 Å². The number of carbonyl (C=O) groups excluding carboxylic acids is 1. The van der Waals surface area contributed by atoms with Crippen LogP contribution in [0.2, 0.25) is 5.02 Å². The molecule has 0 unspecified atom stereocenters. The number of benzene rings is 3. The molecule has 0 bridgehead atoms. The zero-order chi connectivity index (χ0) is 21.5. The number of rotatable bonds is 3. The van der Waals surface area contributed by atoms with Gasteiger partial charge in [-0.15, -0.1) is 11.3 Å². The van der Waals surface area contributed by atoms with Crippen molar-refractivity contribution in [3.05, 3.63) is 105 Å². The summed E-state index contributed by atoms with van der Waals surface area (Å²) in [6, 6.07) is 21.5. The fraction of sp³-hybridized carbons (Fsp3) is 0.0400. The van der Waals surface area contributed by atoms with Crippen LogP contribution < -0.4 is 4.90 Å². The van der Waals surface area contributed by atoms with E-state index in [1.165, 1.54) is 23.5 Å². The highest BCUT2D eigenvalue weighted by Crippen LogP contribution is 2.39. The Morgan fingerprint density at radius 1 is 1.00 bits per heavy atom. The summed E-state index contributed by atoms with van der Waals surface area (Å²) in [6.45, 7) is 1.99. The predicted molar refractivity (Wildman–Crippen MR) is 126 cm³/mol. The summed E-state index contributed by atoms with van der Waals surface area (Å²) in [6.07, 6.45) is 1.66. The summed E-state index contributed by atoms with van der Waals surface area (Å²) >= 11 is 8.22. The predicted octanol–water partition coefficient (Wildman–Crippen LogP) is 6.84. The van der Waals surface area contributed by atoms with E-state index in [4.69, 9.17) is 11.6 Å². The molecule has 6 heteroatoms. The van der Waals surface area contributed by atoms with Crippen LogP contribution in [-0.4, -0.2) is 11.7 Å². The molecule has 0 atom stereocenters. The Hall–Kier alpha value is -3.28. The van der Waals surface area contributed by atoms with Gasteiger partial charge in [-0.1, -0.05) is 59.6 Å². The number of hydrogen-bond acceptors (Lipinski definition) is 3. The van der Waals surface area contributed by atoms with Crippen LogP contribution in [0.5, 0.6) is 0 Å². The average molecular weight is 447 g/mol. The van der Waals surface area contributed by atoms with Crippen LogP contribution >= 0.6 is 22.9 Å². The summed E-state index contributed by atoms with van der Waals surface area (Å²) in [5.41, 5.74) is 2.78. The topological polar surface area (TPSA) is 32.7 Å². The Balaban J connectivity index is 1.68. The van der Waals surface area contributed by atoms with Gasteiger partial charge in [-0.2, -0.15) is 0 Å². The Kier molecular flexibility index (Phi) is 4.93. The molecule has 1 aliphatic rings. The van der Waals surface area contributed by atoms with E-state index in [-0.39, 0.29) is 17.4 Å². The number of fused-ring (bicyclic) bond motifs is 1. The van der Waals surface area contributed by atoms with Crippen LogP contribution in [0.3, 0.4) is 0 Å². The summed E-state index contributed by atoms with van der Waals surface area (Å²) < 4.78 is 14.3. The van der Waals surface area contributed by atoms with Gasteiger partial charge in [0.1, 0.15) is 11.5 Å². The molecule has 1 amide bonds. The molecule has 1 aromatic heterocycles. The van der Waals surface area contributed by atoms with Gasteiger partial charge in [0.2, 0.25) is 0 Å². The highest BCUT2D eigenvalue weighted by molar-refractivity contribution is 7.21. The molecule has 0 radical (unpaired) electrons. The van der Waals surface area contributed by atoms with E-state index >= 15 is 0 Å². The number of halogens is 2. The number of hydrogen-bond donors (Lipinski definition) is 0. The molecule has 0 fully saturated rings. The first kappa shape index (κ1) is 19.7. The summed E-state index contributed by atoms with van der Waals surface area (Å²) in [4.78, 5) is 20.4. The molecule has 0 N–H and O–H groups in total. The molecule has 0 aliphatic carbocycles. The number of nitrogens with zero attached hydrogens (tertiary/aromatic N) is 2. The first-order valence-electron chi connectivity index (χ1n) is 9.66. The Labute approximate surface area is 187 Å². The zero-order valence-electron chi connectivity index (χ0n) is 16.5. The molecule has 0 saturated heterocycles. The van der Waals surface area contributed by atoms with Crippen molar-refractivity contribution < 1.29 is 9.18 Å². The number of amidine groups is 1. The molecule has 0 spiro atoms. The van der Waals surface area contributed by atoms with Crippen LogP contribution in [0.4, 0.5) is 10.1 Å². The van der Waals surface area contributed by atoms with E-state index in [9.17, 15) is 9.18 Å². The fourth-order valence-corrected chi connectivity index (χ4v) is 4.97.